The molecular weight excluding hydrogens is 491 g/mol. The van der Waals surface area contributed by atoms with Gasteiger partial charge < -0.3 is 10.6 Å². The van der Waals surface area contributed by atoms with Crippen LogP contribution in [0.25, 0.3) is 0 Å². The number of nitrogens with zero attached hydrogens (tertiary/aromatic N) is 4. The Morgan fingerprint density at radius 3 is 2.64 bits per heavy atom. The van der Waals surface area contributed by atoms with E-state index >= 15 is 0 Å². The monoisotopic (exact) mass is 524 g/mol. The summed E-state index contributed by atoms with van der Waals surface area (Å²) in [5.74, 6) is 3.73. The number of aliphatic imine (C=N–C) groups is 1. The largest absolute Gasteiger partial charge is 0.354 e. The predicted octanol–water partition coefficient (Wildman–Crippen LogP) is 1.71. The maximum atomic E-state index is 11.7. The van der Waals surface area contributed by atoms with Gasteiger partial charge in [-0.15, -0.1) is 24.0 Å². The van der Waals surface area contributed by atoms with Gasteiger partial charge in [0.15, 0.2) is 21.6 Å². The van der Waals surface area contributed by atoms with Crippen LogP contribution in [0.1, 0.15) is 58.1 Å². The number of nitrogens with one attached hydrogen (secondary N) is 2. The molecule has 0 amide bonds. The Hall–Kier alpha value is -0.910. The van der Waals surface area contributed by atoms with E-state index in [1.54, 1.807) is 0 Å². The van der Waals surface area contributed by atoms with Gasteiger partial charge in [0.1, 0.15) is 5.82 Å². The van der Waals surface area contributed by atoms with Gasteiger partial charge in [0, 0.05) is 31.0 Å². The molecule has 1 aromatic rings. The lowest BCUT2D eigenvalue weighted by Crippen LogP contribution is -2.49. The number of guanidine groups is 1. The first-order chi connectivity index (χ1) is 12.7. The molecule has 1 aromatic heterocycles. The SMILES string of the molecule is CC(C)NC(=NCC1CCS(=O)(=O)C1)NC1CCc2nc(C(C)C)nn2C1.I. The normalized spacial score (nSPS) is 24.1. The van der Waals surface area contributed by atoms with Crippen LogP contribution in [0.15, 0.2) is 4.99 Å². The molecule has 2 N–H and O–H groups in total. The Morgan fingerprint density at radius 2 is 2.04 bits per heavy atom. The Kier molecular flexibility index (Phi) is 8.12. The summed E-state index contributed by atoms with van der Waals surface area (Å²) < 4.78 is 25.3. The number of rotatable bonds is 5. The van der Waals surface area contributed by atoms with Crippen LogP contribution in [-0.2, 0) is 22.8 Å². The van der Waals surface area contributed by atoms with Gasteiger partial charge >= 0.3 is 0 Å². The van der Waals surface area contributed by atoms with Crippen molar-refractivity contribution in [3.05, 3.63) is 11.6 Å². The first kappa shape index (κ1) is 23.4. The summed E-state index contributed by atoms with van der Waals surface area (Å²) >= 11 is 0. The van der Waals surface area contributed by atoms with Crippen molar-refractivity contribution in [1.82, 2.24) is 25.4 Å². The summed E-state index contributed by atoms with van der Waals surface area (Å²) in [5, 5.41) is 11.5. The van der Waals surface area contributed by atoms with Gasteiger partial charge in [0.25, 0.3) is 0 Å². The molecule has 0 saturated carbocycles. The van der Waals surface area contributed by atoms with Crippen LogP contribution in [0.4, 0.5) is 0 Å². The van der Waals surface area contributed by atoms with Crippen LogP contribution in [0.3, 0.4) is 0 Å². The lowest BCUT2D eigenvalue weighted by molar-refractivity contribution is 0.390. The van der Waals surface area contributed by atoms with Crippen molar-refractivity contribution in [1.29, 1.82) is 0 Å². The van der Waals surface area contributed by atoms with Crippen molar-refractivity contribution < 1.29 is 8.42 Å². The van der Waals surface area contributed by atoms with Crippen LogP contribution in [-0.4, -0.2) is 59.3 Å². The van der Waals surface area contributed by atoms with Crippen molar-refractivity contribution in [2.24, 2.45) is 10.9 Å². The van der Waals surface area contributed by atoms with Gasteiger partial charge in [-0.3, -0.25) is 4.99 Å². The molecule has 160 valence electrons. The summed E-state index contributed by atoms with van der Waals surface area (Å²) in [6, 6.07) is 0.484. The lowest BCUT2D eigenvalue weighted by Gasteiger charge is -2.26. The Morgan fingerprint density at radius 1 is 1.29 bits per heavy atom. The van der Waals surface area contributed by atoms with E-state index in [0.717, 1.165) is 37.0 Å². The molecule has 0 aliphatic carbocycles. The van der Waals surface area contributed by atoms with E-state index in [-0.39, 0.29) is 47.7 Å². The molecule has 28 heavy (non-hydrogen) atoms. The van der Waals surface area contributed by atoms with Crippen molar-refractivity contribution in [3.8, 4) is 0 Å². The summed E-state index contributed by atoms with van der Waals surface area (Å²) in [4.78, 5) is 9.32. The highest BCUT2D eigenvalue weighted by Gasteiger charge is 2.28. The molecule has 2 aliphatic rings. The number of aryl methyl sites for hydroxylation is 1. The minimum atomic E-state index is -2.86. The number of halogens is 1. The maximum Gasteiger partial charge on any atom is 0.191 e. The number of aromatic nitrogens is 3. The first-order valence-electron chi connectivity index (χ1n) is 9.93. The fourth-order valence-electron chi connectivity index (χ4n) is 3.53. The summed E-state index contributed by atoms with van der Waals surface area (Å²) in [6.07, 6.45) is 2.59. The Balaban J connectivity index is 0.00000280. The van der Waals surface area contributed by atoms with Gasteiger partial charge in [0.2, 0.25) is 0 Å². The maximum absolute atomic E-state index is 11.7. The quantitative estimate of drug-likeness (QED) is 0.346. The van der Waals surface area contributed by atoms with E-state index < -0.39 is 9.84 Å². The van der Waals surface area contributed by atoms with Crippen molar-refractivity contribution in [2.75, 3.05) is 18.1 Å². The van der Waals surface area contributed by atoms with Gasteiger partial charge in [-0.1, -0.05) is 13.8 Å². The van der Waals surface area contributed by atoms with Crippen LogP contribution in [0.5, 0.6) is 0 Å². The molecule has 2 aliphatic heterocycles. The summed E-state index contributed by atoms with van der Waals surface area (Å²) in [6.45, 7) is 9.67. The van der Waals surface area contributed by atoms with E-state index in [0.29, 0.717) is 24.6 Å². The van der Waals surface area contributed by atoms with Crippen LogP contribution < -0.4 is 10.6 Å². The third-order valence-corrected chi connectivity index (χ3v) is 6.83. The zero-order valence-electron chi connectivity index (χ0n) is 17.2. The Labute approximate surface area is 185 Å². The van der Waals surface area contributed by atoms with Gasteiger partial charge in [-0.2, -0.15) is 5.10 Å². The molecular formula is C18H33IN6O2S. The highest BCUT2D eigenvalue weighted by Crippen LogP contribution is 2.19. The first-order valence-corrected chi connectivity index (χ1v) is 11.8. The molecule has 2 atom stereocenters. The second-order valence-corrected chi connectivity index (χ2v) is 10.6. The van der Waals surface area contributed by atoms with Crippen LogP contribution in [0.2, 0.25) is 0 Å². The van der Waals surface area contributed by atoms with E-state index in [1.165, 1.54) is 0 Å². The highest BCUT2D eigenvalue weighted by atomic mass is 127. The molecule has 2 unspecified atom stereocenters. The Bertz CT molecular complexity index is 790. The third-order valence-electron chi connectivity index (χ3n) is 4.99. The predicted molar refractivity (Wildman–Crippen MR) is 122 cm³/mol. The molecule has 0 radical (unpaired) electrons. The zero-order valence-corrected chi connectivity index (χ0v) is 20.3. The van der Waals surface area contributed by atoms with E-state index in [2.05, 4.69) is 53.4 Å². The minimum absolute atomic E-state index is 0. The number of sulfone groups is 1. The highest BCUT2D eigenvalue weighted by molar-refractivity contribution is 14.0. The van der Waals surface area contributed by atoms with Crippen LogP contribution in [0, 0.1) is 5.92 Å². The van der Waals surface area contributed by atoms with E-state index in [1.807, 2.05) is 4.68 Å². The smallest absolute Gasteiger partial charge is 0.191 e. The summed E-state index contributed by atoms with van der Waals surface area (Å²) in [7, 11) is -2.86. The number of hydrogen-bond donors (Lipinski definition) is 2. The fraction of sp³-hybridized carbons (Fsp3) is 0.833. The number of fused-ring (bicyclic) bond motifs is 1. The van der Waals surface area contributed by atoms with Gasteiger partial charge in [0.05, 0.1) is 18.1 Å². The lowest BCUT2D eigenvalue weighted by atomic mass is 10.1. The molecule has 3 rings (SSSR count). The minimum Gasteiger partial charge on any atom is -0.354 e. The van der Waals surface area contributed by atoms with E-state index in [9.17, 15) is 8.42 Å². The number of hydrogen-bond acceptors (Lipinski definition) is 5. The molecule has 1 fully saturated rings. The molecule has 1 saturated heterocycles. The average Bonchev–Trinajstić information content (AvgIpc) is 3.14. The molecule has 0 aromatic carbocycles. The molecule has 0 spiro atoms. The third kappa shape index (κ3) is 6.30. The van der Waals surface area contributed by atoms with Crippen molar-refractivity contribution in [2.45, 2.75) is 71.5 Å². The average molecular weight is 524 g/mol. The standard InChI is InChI=1S/C18H32N6O2S.HI/c1-12(2)17-22-16-6-5-15(10-24(16)23-17)21-18(20-13(3)4)19-9-14-7-8-27(25,26)11-14;/h12-15H,5-11H2,1-4H3,(H2,19,20,21);1H. The van der Waals surface area contributed by atoms with Gasteiger partial charge in [-0.05, 0) is 32.6 Å². The van der Waals surface area contributed by atoms with Crippen molar-refractivity contribution >= 4 is 39.8 Å². The molecule has 3 heterocycles. The molecule has 10 heteroatoms. The van der Waals surface area contributed by atoms with Gasteiger partial charge in [-0.25, -0.2) is 18.1 Å². The van der Waals surface area contributed by atoms with Crippen LogP contribution >= 0.6 is 24.0 Å². The van der Waals surface area contributed by atoms with Crippen molar-refractivity contribution in [3.63, 3.8) is 0 Å². The topological polar surface area (TPSA) is 101 Å². The molecule has 8 nitrogen and oxygen atoms in total. The summed E-state index contributed by atoms with van der Waals surface area (Å²) in [5.41, 5.74) is 0. The molecule has 0 bridgehead atoms. The second-order valence-electron chi connectivity index (χ2n) is 8.36. The fourth-order valence-corrected chi connectivity index (χ4v) is 5.38. The second kappa shape index (κ2) is 9.73. The van der Waals surface area contributed by atoms with E-state index in [4.69, 9.17) is 0 Å². The zero-order chi connectivity index (χ0) is 19.6.